The molecule has 2 amide bonds. The molecule has 0 aliphatic carbocycles. The van der Waals surface area contributed by atoms with Gasteiger partial charge in [0.15, 0.2) is 11.0 Å². The van der Waals surface area contributed by atoms with Crippen molar-refractivity contribution >= 4 is 34.2 Å². The van der Waals surface area contributed by atoms with Crippen LogP contribution in [0, 0.1) is 0 Å². The van der Waals surface area contributed by atoms with Crippen molar-refractivity contribution in [1.29, 1.82) is 0 Å². The molecule has 8 heteroatoms. The number of nitrogens with zero attached hydrogens (tertiary/aromatic N) is 3. The van der Waals surface area contributed by atoms with Crippen LogP contribution in [-0.2, 0) is 15.8 Å². The van der Waals surface area contributed by atoms with Gasteiger partial charge >= 0.3 is 0 Å². The summed E-state index contributed by atoms with van der Waals surface area (Å²) in [5, 5.41) is 2.74. The van der Waals surface area contributed by atoms with Crippen molar-refractivity contribution in [3.05, 3.63) is 72.8 Å². The van der Waals surface area contributed by atoms with E-state index >= 15 is 0 Å². The molecule has 3 heterocycles. The third-order valence-electron chi connectivity index (χ3n) is 4.44. The molecule has 1 fully saturated rings. The minimum atomic E-state index is -1.46. The molecule has 0 saturated carbocycles. The van der Waals surface area contributed by atoms with Gasteiger partial charge in [0, 0.05) is 37.2 Å². The molecular weight excluding hydrogens is 376 g/mol. The van der Waals surface area contributed by atoms with E-state index in [1.54, 1.807) is 59.9 Å². The van der Waals surface area contributed by atoms with Gasteiger partial charge in [-0.05, 0) is 48.9 Å². The van der Waals surface area contributed by atoms with Crippen LogP contribution < -0.4 is 10.2 Å². The Kier molecular flexibility index (Phi) is 5.03. The maximum absolute atomic E-state index is 12.8. The Bertz CT molecular complexity index is 1030. The van der Waals surface area contributed by atoms with Crippen molar-refractivity contribution < 1.29 is 13.8 Å². The molecule has 1 unspecified atom stereocenters. The van der Waals surface area contributed by atoms with Crippen molar-refractivity contribution in [2.45, 2.75) is 17.7 Å². The Labute approximate surface area is 164 Å². The Morgan fingerprint density at radius 3 is 2.61 bits per heavy atom. The highest BCUT2D eigenvalue weighted by Gasteiger charge is 2.21. The van der Waals surface area contributed by atoms with E-state index in [0.717, 1.165) is 18.7 Å². The number of carbonyl (C=O) groups is 2. The van der Waals surface area contributed by atoms with E-state index in [2.05, 4.69) is 10.3 Å². The van der Waals surface area contributed by atoms with E-state index in [1.807, 2.05) is 12.1 Å². The largest absolute Gasteiger partial charge is 0.319 e. The van der Waals surface area contributed by atoms with Gasteiger partial charge in [-0.3, -0.25) is 18.5 Å². The van der Waals surface area contributed by atoms with E-state index < -0.39 is 11.0 Å². The van der Waals surface area contributed by atoms with E-state index in [1.165, 1.54) is 3.97 Å². The quantitative estimate of drug-likeness (QED) is 0.721. The van der Waals surface area contributed by atoms with Crippen LogP contribution in [0.4, 0.5) is 11.4 Å². The second-order valence-corrected chi connectivity index (χ2v) is 7.71. The molecule has 0 spiro atoms. The molecule has 2 aromatic heterocycles. The molecule has 0 radical (unpaired) electrons. The minimum Gasteiger partial charge on any atom is -0.319 e. The summed E-state index contributed by atoms with van der Waals surface area (Å²) < 4.78 is 14.3. The Balaban J connectivity index is 1.45. The van der Waals surface area contributed by atoms with Crippen molar-refractivity contribution in [3.63, 3.8) is 0 Å². The number of carbonyl (C=O) groups excluding carboxylic acids is 2. The molecule has 1 aromatic carbocycles. The average molecular weight is 394 g/mol. The van der Waals surface area contributed by atoms with Crippen LogP contribution in [0.1, 0.15) is 23.3 Å². The molecule has 1 atom stereocenters. The SMILES string of the molecule is O=C(Nc1ccn(S(=O)c2ccc(N3CCCC3=O)cc2)c1)c1ccccn1. The summed E-state index contributed by atoms with van der Waals surface area (Å²) in [5.74, 6) is -0.212. The Hall–Kier alpha value is -3.26. The summed E-state index contributed by atoms with van der Waals surface area (Å²) in [6.07, 6.45) is 6.23. The van der Waals surface area contributed by atoms with Crippen LogP contribution in [0.5, 0.6) is 0 Å². The van der Waals surface area contributed by atoms with Gasteiger partial charge < -0.3 is 10.2 Å². The average Bonchev–Trinajstić information content (AvgIpc) is 3.37. The molecule has 142 valence electrons. The summed E-state index contributed by atoms with van der Waals surface area (Å²) in [6, 6.07) is 13.9. The first-order valence-corrected chi connectivity index (χ1v) is 9.95. The molecule has 1 aliphatic heterocycles. The lowest BCUT2D eigenvalue weighted by Gasteiger charge is -2.15. The fourth-order valence-electron chi connectivity index (χ4n) is 3.03. The number of pyridine rings is 1. The number of hydrogen-bond acceptors (Lipinski definition) is 4. The van der Waals surface area contributed by atoms with Crippen LogP contribution in [0.3, 0.4) is 0 Å². The highest BCUT2D eigenvalue weighted by atomic mass is 32.2. The molecule has 1 aliphatic rings. The van der Waals surface area contributed by atoms with Crippen LogP contribution >= 0.6 is 0 Å². The maximum Gasteiger partial charge on any atom is 0.274 e. The first-order valence-electron chi connectivity index (χ1n) is 8.85. The van der Waals surface area contributed by atoms with Crippen LogP contribution in [0.25, 0.3) is 0 Å². The second-order valence-electron chi connectivity index (χ2n) is 6.32. The minimum absolute atomic E-state index is 0.118. The van der Waals surface area contributed by atoms with Gasteiger partial charge in [0.2, 0.25) is 5.91 Å². The number of nitrogens with one attached hydrogen (secondary N) is 1. The van der Waals surface area contributed by atoms with Crippen molar-refractivity contribution in [2.24, 2.45) is 0 Å². The highest BCUT2D eigenvalue weighted by Crippen LogP contribution is 2.23. The van der Waals surface area contributed by atoms with E-state index in [-0.39, 0.29) is 11.8 Å². The van der Waals surface area contributed by atoms with Gasteiger partial charge in [-0.1, -0.05) is 6.07 Å². The van der Waals surface area contributed by atoms with Crippen molar-refractivity contribution in [2.75, 3.05) is 16.8 Å². The summed E-state index contributed by atoms with van der Waals surface area (Å²) in [6.45, 7) is 0.720. The van der Waals surface area contributed by atoms with Crippen LogP contribution in [0.2, 0.25) is 0 Å². The zero-order valence-corrected chi connectivity index (χ0v) is 15.8. The fraction of sp³-hybridized carbons (Fsp3) is 0.150. The molecular formula is C20H18N4O3S. The molecule has 7 nitrogen and oxygen atoms in total. The lowest BCUT2D eigenvalue weighted by atomic mass is 10.3. The zero-order valence-electron chi connectivity index (χ0n) is 14.9. The topological polar surface area (TPSA) is 84.3 Å². The first-order chi connectivity index (χ1) is 13.6. The van der Waals surface area contributed by atoms with E-state index in [0.29, 0.717) is 22.7 Å². The zero-order chi connectivity index (χ0) is 19.5. The Morgan fingerprint density at radius 2 is 1.93 bits per heavy atom. The summed E-state index contributed by atoms with van der Waals surface area (Å²) >= 11 is 0. The Morgan fingerprint density at radius 1 is 1.11 bits per heavy atom. The first kappa shape index (κ1) is 18.1. The van der Waals surface area contributed by atoms with E-state index in [4.69, 9.17) is 0 Å². The van der Waals surface area contributed by atoms with Gasteiger partial charge in [-0.25, -0.2) is 4.21 Å². The number of anilines is 2. The predicted octanol–water partition coefficient (Wildman–Crippen LogP) is 2.83. The van der Waals surface area contributed by atoms with Gasteiger partial charge in [-0.2, -0.15) is 0 Å². The fourth-order valence-corrected chi connectivity index (χ4v) is 4.02. The maximum atomic E-state index is 12.8. The van der Waals surface area contributed by atoms with Gasteiger partial charge in [0.25, 0.3) is 5.91 Å². The molecule has 1 saturated heterocycles. The number of amides is 2. The monoisotopic (exact) mass is 394 g/mol. The summed E-state index contributed by atoms with van der Waals surface area (Å²) in [4.78, 5) is 30.3. The third kappa shape index (κ3) is 3.72. The number of hydrogen-bond donors (Lipinski definition) is 1. The van der Waals surface area contributed by atoms with E-state index in [9.17, 15) is 13.8 Å². The number of aromatic nitrogens is 2. The molecule has 3 aromatic rings. The molecule has 1 N–H and O–H groups in total. The number of benzene rings is 1. The molecule has 28 heavy (non-hydrogen) atoms. The molecule has 4 rings (SSSR count). The van der Waals surface area contributed by atoms with Gasteiger partial charge in [0.1, 0.15) is 5.69 Å². The van der Waals surface area contributed by atoms with Crippen LogP contribution in [-0.4, -0.2) is 31.5 Å². The van der Waals surface area contributed by atoms with Crippen molar-refractivity contribution in [3.8, 4) is 0 Å². The van der Waals surface area contributed by atoms with Gasteiger partial charge in [-0.15, -0.1) is 0 Å². The van der Waals surface area contributed by atoms with Crippen molar-refractivity contribution in [1.82, 2.24) is 8.96 Å². The summed E-state index contributed by atoms with van der Waals surface area (Å²) in [5.41, 5.74) is 1.66. The smallest absolute Gasteiger partial charge is 0.274 e. The predicted molar refractivity (Wildman–Crippen MR) is 106 cm³/mol. The third-order valence-corrected chi connectivity index (χ3v) is 5.72. The lowest BCUT2D eigenvalue weighted by molar-refractivity contribution is -0.117. The highest BCUT2D eigenvalue weighted by molar-refractivity contribution is 7.83. The van der Waals surface area contributed by atoms with Gasteiger partial charge in [0.05, 0.1) is 10.6 Å². The standard InChI is InChI=1S/C20H18N4O3S/c25-19-5-3-12-24(19)16-6-8-17(9-7-16)28(27)23-13-10-15(14-23)22-20(26)18-4-1-2-11-21-18/h1-2,4,6-11,13-14H,3,5,12H2,(H,22,26). The normalized spacial score (nSPS) is 14.9. The van der Waals surface area contributed by atoms with Crippen LogP contribution in [0.15, 0.2) is 72.0 Å². The number of rotatable bonds is 5. The second kappa shape index (κ2) is 7.77. The lowest BCUT2D eigenvalue weighted by Crippen LogP contribution is -2.23. The molecule has 0 bridgehead atoms. The summed E-state index contributed by atoms with van der Waals surface area (Å²) in [7, 11) is -1.46.